The summed E-state index contributed by atoms with van der Waals surface area (Å²) in [6, 6.07) is -0.984. The van der Waals surface area contributed by atoms with Crippen LogP contribution in [0.5, 0.6) is 0 Å². The molecule has 80 heavy (non-hydrogen) atoms. The molecule has 0 rings (SSSR count). The Morgan fingerprint density at radius 3 is 0.725 bits per heavy atom. The maximum atomic E-state index is 12.7. The van der Waals surface area contributed by atoms with Crippen molar-refractivity contribution in [2.45, 2.75) is 449 Å². The van der Waals surface area contributed by atoms with Crippen molar-refractivity contribution in [3.63, 3.8) is 0 Å². The van der Waals surface area contributed by atoms with E-state index in [1.807, 2.05) is 0 Å². The second kappa shape index (κ2) is 68.8. The number of hydrogen-bond donors (Lipinski definition) is 5. The predicted molar refractivity (Wildman–Crippen MR) is 353 cm³/mol. The first-order valence-corrected chi connectivity index (χ1v) is 37.1. The molecule has 0 aliphatic carbocycles. The molecule has 0 aromatic heterocycles. The van der Waals surface area contributed by atoms with Gasteiger partial charge in [0.25, 0.3) is 0 Å². The fraction of sp³-hybridized carbons (Fsp3) is 0.959. The summed E-state index contributed by atoms with van der Waals surface area (Å²) in [6.07, 6.45) is 86.4. The smallest absolute Gasteiger partial charge is 0.249 e. The zero-order valence-electron chi connectivity index (χ0n) is 54.6. The van der Waals surface area contributed by atoms with E-state index in [1.54, 1.807) is 0 Å². The number of aliphatic hydroxyl groups is 4. The molecule has 0 aromatic carbocycles. The Morgan fingerprint density at radius 2 is 0.500 bits per heavy atom. The standard InChI is InChI=1S/C74H147NO5/c1-3-5-7-9-11-13-15-17-19-21-23-25-27-29-31-33-35-36-37-38-40-42-44-46-48-50-52-54-56-58-60-62-64-66-68-72(78)74(80)75-70(69-76)73(79)71(77)67-65-63-61-59-57-55-53-51-49-47-45-43-41-39-34-32-30-28-26-24-22-20-18-16-14-12-10-8-6-4-2/h33,35,70-73,76-79H,3-32,34,36-69H2,1-2H3,(H,75,80)/b35-33-. The quantitative estimate of drug-likeness (QED) is 0.0308. The predicted octanol–water partition coefficient (Wildman–Crippen LogP) is 23.1. The van der Waals surface area contributed by atoms with Gasteiger partial charge in [0, 0.05) is 0 Å². The van der Waals surface area contributed by atoms with E-state index in [-0.39, 0.29) is 0 Å². The number of carbonyl (C=O) groups excluding carboxylic acids is 1. The highest BCUT2D eigenvalue weighted by molar-refractivity contribution is 5.80. The molecule has 478 valence electrons. The Morgan fingerprint density at radius 1 is 0.300 bits per heavy atom. The first-order chi connectivity index (χ1) is 39.5. The third-order valence-electron chi connectivity index (χ3n) is 18.0. The third kappa shape index (κ3) is 61.6. The Labute approximate surface area is 502 Å². The number of amides is 1. The summed E-state index contributed by atoms with van der Waals surface area (Å²) in [7, 11) is 0. The van der Waals surface area contributed by atoms with Gasteiger partial charge in [0.1, 0.15) is 12.2 Å². The minimum absolute atomic E-state index is 0.374. The van der Waals surface area contributed by atoms with Crippen LogP contribution in [-0.4, -0.2) is 57.3 Å². The molecule has 0 saturated heterocycles. The van der Waals surface area contributed by atoms with Crippen molar-refractivity contribution in [1.29, 1.82) is 0 Å². The van der Waals surface area contributed by atoms with Gasteiger partial charge in [0.2, 0.25) is 5.91 Å². The molecule has 0 aliphatic rings. The van der Waals surface area contributed by atoms with Crippen LogP contribution in [0.2, 0.25) is 0 Å². The van der Waals surface area contributed by atoms with E-state index in [0.29, 0.717) is 12.8 Å². The van der Waals surface area contributed by atoms with E-state index >= 15 is 0 Å². The molecular weight excluding hydrogens is 983 g/mol. The topological polar surface area (TPSA) is 110 Å². The molecule has 4 unspecified atom stereocenters. The number of aliphatic hydroxyl groups excluding tert-OH is 4. The molecule has 5 N–H and O–H groups in total. The monoisotopic (exact) mass is 1130 g/mol. The average Bonchev–Trinajstić information content (AvgIpc) is 3.46. The minimum Gasteiger partial charge on any atom is -0.394 e. The number of rotatable bonds is 70. The summed E-state index contributed by atoms with van der Waals surface area (Å²) < 4.78 is 0. The van der Waals surface area contributed by atoms with E-state index < -0.39 is 36.9 Å². The summed E-state index contributed by atoms with van der Waals surface area (Å²) in [5.74, 6) is -0.574. The van der Waals surface area contributed by atoms with Gasteiger partial charge in [-0.15, -0.1) is 0 Å². The summed E-state index contributed by atoms with van der Waals surface area (Å²) in [4.78, 5) is 12.7. The highest BCUT2D eigenvalue weighted by Gasteiger charge is 2.28. The van der Waals surface area contributed by atoms with E-state index in [9.17, 15) is 25.2 Å². The molecule has 6 heteroatoms. The summed E-state index contributed by atoms with van der Waals surface area (Å²) in [5, 5.41) is 44.3. The van der Waals surface area contributed by atoms with Crippen molar-refractivity contribution in [1.82, 2.24) is 5.32 Å². The maximum absolute atomic E-state index is 12.7. The van der Waals surface area contributed by atoms with Gasteiger partial charge in [0.15, 0.2) is 0 Å². The maximum Gasteiger partial charge on any atom is 0.249 e. The molecule has 0 fully saturated rings. The molecule has 0 spiro atoms. The molecule has 6 nitrogen and oxygen atoms in total. The van der Waals surface area contributed by atoms with Gasteiger partial charge < -0.3 is 25.7 Å². The van der Waals surface area contributed by atoms with Crippen LogP contribution in [-0.2, 0) is 4.79 Å². The highest BCUT2D eigenvalue weighted by atomic mass is 16.3. The van der Waals surface area contributed by atoms with Gasteiger partial charge in [-0.1, -0.05) is 398 Å². The second-order valence-electron chi connectivity index (χ2n) is 26.0. The Hall–Kier alpha value is -0.950. The van der Waals surface area contributed by atoms with Crippen LogP contribution in [0.3, 0.4) is 0 Å². The lowest BCUT2D eigenvalue weighted by atomic mass is 9.99. The van der Waals surface area contributed by atoms with Crippen LogP contribution in [0.15, 0.2) is 12.2 Å². The molecule has 0 radical (unpaired) electrons. The molecule has 0 aromatic rings. The number of nitrogens with one attached hydrogen (secondary N) is 1. The van der Waals surface area contributed by atoms with Crippen molar-refractivity contribution < 1.29 is 25.2 Å². The SMILES string of the molecule is CCCCCCCCCCCCCCCC/C=C\CCCCCCCCCCCCCCCCCCC(O)C(=O)NC(CO)C(O)C(O)CCCCCCCCCCCCCCCCCCCCCCCCCCCCCCCC. The lowest BCUT2D eigenvalue weighted by Crippen LogP contribution is -2.53. The summed E-state index contributed by atoms with van der Waals surface area (Å²) >= 11 is 0. The molecule has 0 heterocycles. The zero-order chi connectivity index (χ0) is 58.0. The molecule has 0 saturated carbocycles. The molecule has 4 atom stereocenters. The van der Waals surface area contributed by atoms with Crippen LogP contribution in [0.25, 0.3) is 0 Å². The van der Waals surface area contributed by atoms with Gasteiger partial charge in [-0.25, -0.2) is 0 Å². The molecular formula is C74H147NO5. The van der Waals surface area contributed by atoms with Crippen molar-refractivity contribution in [2.24, 2.45) is 0 Å². The highest BCUT2D eigenvalue weighted by Crippen LogP contribution is 2.20. The van der Waals surface area contributed by atoms with E-state index in [0.717, 1.165) is 38.5 Å². The Bertz CT molecular complexity index is 1180. The first-order valence-electron chi connectivity index (χ1n) is 37.1. The minimum atomic E-state index is -1.26. The Balaban J connectivity index is 3.50. The summed E-state index contributed by atoms with van der Waals surface area (Å²) in [6.45, 7) is 4.12. The zero-order valence-corrected chi connectivity index (χ0v) is 54.6. The van der Waals surface area contributed by atoms with Gasteiger partial charge in [-0.2, -0.15) is 0 Å². The van der Waals surface area contributed by atoms with E-state index in [2.05, 4.69) is 31.3 Å². The Kier molecular flexibility index (Phi) is 68.0. The van der Waals surface area contributed by atoms with Crippen LogP contribution in [0.4, 0.5) is 0 Å². The third-order valence-corrected chi connectivity index (χ3v) is 18.0. The normalized spacial score (nSPS) is 13.4. The van der Waals surface area contributed by atoms with Gasteiger partial charge in [-0.3, -0.25) is 4.79 Å². The number of allylic oxidation sites excluding steroid dienone is 2. The van der Waals surface area contributed by atoms with E-state index in [4.69, 9.17) is 0 Å². The first kappa shape index (κ1) is 79.0. The number of hydrogen-bond acceptors (Lipinski definition) is 5. The average molecular weight is 1130 g/mol. The van der Waals surface area contributed by atoms with Gasteiger partial charge in [0.05, 0.1) is 18.8 Å². The second-order valence-corrected chi connectivity index (χ2v) is 26.0. The van der Waals surface area contributed by atoms with E-state index in [1.165, 1.54) is 360 Å². The van der Waals surface area contributed by atoms with Gasteiger partial charge >= 0.3 is 0 Å². The van der Waals surface area contributed by atoms with Crippen LogP contribution in [0, 0.1) is 0 Å². The van der Waals surface area contributed by atoms with Crippen molar-refractivity contribution in [3.8, 4) is 0 Å². The fourth-order valence-corrected chi connectivity index (χ4v) is 12.2. The molecule has 0 aliphatic heterocycles. The fourth-order valence-electron chi connectivity index (χ4n) is 12.2. The van der Waals surface area contributed by atoms with Gasteiger partial charge in [-0.05, 0) is 38.5 Å². The van der Waals surface area contributed by atoms with Crippen LogP contribution in [0.1, 0.15) is 425 Å². The molecule has 1 amide bonds. The van der Waals surface area contributed by atoms with Crippen molar-refractivity contribution in [3.05, 3.63) is 12.2 Å². The lowest BCUT2D eigenvalue weighted by Gasteiger charge is -2.27. The lowest BCUT2D eigenvalue weighted by molar-refractivity contribution is -0.132. The largest absolute Gasteiger partial charge is 0.394 e. The number of unbranched alkanes of at least 4 members (excludes halogenated alkanes) is 59. The summed E-state index contributed by atoms with van der Waals surface area (Å²) in [5.41, 5.74) is 0. The molecule has 0 bridgehead atoms. The van der Waals surface area contributed by atoms with Crippen LogP contribution >= 0.6 is 0 Å². The van der Waals surface area contributed by atoms with Crippen LogP contribution < -0.4 is 5.32 Å². The number of carbonyl (C=O) groups is 1. The van der Waals surface area contributed by atoms with Crippen molar-refractivity contribution >= 4 is 5.91 Å². The van der Waals surface area contributed by atoms with Crippen molar-refractivity contribution in [2.75, 3.05) is 6.61 Å².